The maximum atomic E-state index is 12.3. The van der Waals surface area contributed by atoms with E-state index in [1.807, 2.05) is 6.92 Å². The van der Waals surface area contributed by atoms with Crippen LogP contribution in [0, 0.1) is 5.92 Å². The van der Waals surface area contributed by atoms with Crippen molar-refractivity contribution in [2.24, 2.45) is 5.92 Å². The second kappa shape index (κ2) is 7.47. The van der Waals surface area contributed by atoms with Crippen LogP contribution in [0.2, 0.25) is 0 Å². The molecule has 1 fully saturated rings. The van der Waals surface area contributed by atoms with E-state index in [1.165, 1.54) is 30.6 Å². The summed E-state index contributed by atoms with van der Waals surface area (Å²) in [6.07, 6.45) is 9.64. The molecule has 1 saturated carbocycles. The molecule has 5 heteroatoms. The van der Waals surface area contributed by atoms with Crippen LogP contribution in [-0.2, 0) is 22.4 Å². The van der Waals surface area contributed by atoms with Gasteiger partial charge in [-0.25, -0.2) is 4.79 Å². The van der Waals surface area contributed by atoms with Crippen molar-refractivity contribution in [3.63, 3.8) is 0 Å². The Morgan fingerprint density at radius 2 is 2.00 bits per heavy atom. The molecular formula is C18H25NO3S. The highest BCUT2D eigenvalue weighted by molar-refractivity contribution is 7.17. The summed E-state index contributed by atoms with van der Waals surface area (Å²) in [6.45, 7) is 2.17. The molecule has 0 unspecified atom stereocenters. The minimum Gasteiger partial charge on any atom is -0.462 e. The van der Waals surface area contributed by atoms with Crippen LogP contribution < -0.4 is 5.32 Å². The first-order chi connectivity index (χ1) is 11.2. The molecule has 1 amide bonds. The van der Waals surface area contributed by atoms with Gasteiger partial charge in [-0.3, -0.25) is 4.79 Å². The van der Waals surface area contributed by atoms with Crippen molar-refractivity contribution in [2.75, 3.05) is 11.9 Å². The van der Waals surface area contributed by atoms with E-state index in [0.717, 1.165) is 31.2 Å². The number of rotatable bonds is 6. The Bertz CT molecular complexity index is 587. The van der Waals surface area contributed by atoms with E-state index in [9.17, 15) is 9.59 Å². The lowest BCUT2D eigenvalue weighted by Gasteiger charge is -2.10. The minimum absolute atomic E-state index is 0.0300. The number of carbonyl (C=O) groups excluding carboxylic acids is 2. The molecule has 0 bridgehead atoms. The van der Waals surface area contributed by atoms with Crippen LogP contribution in [0.25, 0.3) is 0 Å². The van der Waals surface area contributed by atoms with Crippen molar-refractivity contribution in [3.8, 4) is 0 Å². The molecule has 0 atom stereocenters. The monoisotopic (exact) mass is 335 g/mol. The van der Waals surface area contributed by atoms with Gasteiger partial charge in [-0.05, 0) is 44.1 Å². The number of esters is 1. The molecule has 0 saturated heterocycles. The number of carbonyl (C=O) groups is 2. The Morgan fingerprint density at radius 3 is 2.74 bits per heavy atom. The zero-order valence-corrected chi connectivity index (χ0v) is 14.6. The molecule has 0 spiro atoms. The van der Waals surface area contributed by atoms with Gasteiger partial charge in [0, 0.05) is 11.3 Å². The molecule has 1 aromatic rings. The van der Waals surface area contributed by atoms with Crippen molar-refractivity contribution in [1.29, 1.82) is 0 Å². The van der Waals surface area contributed by atoms with Crippen LogP contribution in [0.4, 0.5) is 5.00 Å². The van der Waals surface area contributed by atoms with Gasteiger partial charge in [-0.1, -0.05) is 25.7 Å². The molecule has 2 aliphatic carbocycles. The molecule has 1 aromatic heterocycles. The molecule has 3 rings (SSSR count). The summed E-state index contributed by atoms with van der Waals surface area (Å²) in [5.41, 5.74) is 1.71. The predicted molar refractivity (Wildman–Crippen MR) is 92.1 cm³/mol. The lowest BCUT2D eigenvalue weighted by atomic mass is 10.0. The molecule has 2 aliphatic rings. The lowest BCUT2D eigenvalue weighted by molar-refractivity contribution is -0.116. The number of fused-ring (bicyclic) bond motifs is 1. The number of hydrogen-bond donors (Lipinski definition) is 1. The number of nitrogens with one attached hydrogen (secondary N) is 1. The normalized spacial score (nSPS) is 17.3. The summed E-state index contributed by atoms with van der Waals surface area (Å²) in [5.74, 6) is 0.444. The number of aryl methyl sites for hydroxylation is 1. The van der Waals surface area contributed by atoms with Crippen LogP contribution in [0.1, 0.15) is 72.7 Å². The van der Waals surface area contributed by atoms with Crippen LogP contribution >= 0.6 is 11.3 Å². The second-order valence-corrected chi connectivity index (χ2v) is 7.62. The Morgan fingerprint density at radius 1 is 1.22 bits per heavy atom. The number of anilines is 1. The molecule has 1 heterocycles. The smallest absolute Gasteiger partial charge is 0.341 e. The summed E-state index contributed by atoms with van der Waals surface area (Å²) < 4.78 is 5.19. The summed E-state index contributed by atoms with van der Waals surface area (Å²) in [6, 6.07) is 0. The first kappa shape index (κ1) is 16.5. The largest absolute Gasteiger partial charge is 0.462 e. The molecule has 0 radical (unpaired) electrons. The van der Waals surface area contributed by atoms with Crippen molar-refractivity contribution in [2.45, 2.75) is 64.7 Å². The maximum absolute atomic E-state index is 12.3. The maximum Gasteiger partial charge on any atom is 0.341 e. The molecule has 126 valence electrons. The van der Waals surface area contributed by atoms with E-state index in [4.69, 9.17) is 4.74 Å². The molecule has 1 N–H and O–H groups in total. The molecule has 23 heavy (non-hydrogen) atoms. The van der Waals surface area contributed by atoms with E-state index in [-0.39, 0.29) is 11.9 Å². The van der Waals surface area contributed by atoms with E-state index < -0.39 is 0 Å². The van der Waals surface area contributed by atoms with E-state index in [1.54, 1.807) is 11.3 Å². The lowest BCUT2D eigenvalue weighted by Crippen LogP contribution is -2.15. The third-order valence-corrected chi connectivity index (χ3v) is 6.12. The average molecular weight is 335 g/mol. The minimum atomic E-state index is -0.294. The van der Waals surface area contributed by atoms with Crippen LogP contribution in [0.5, 0.6) is 0 Å². The van der Waals surface area contributed by atoms with Gasteiger partial charge in [0.25, 0.3) is 0 Å². The number of amides is 1. The summed E-state index contributed by atoms with van der Waals surface area (Å²) in [5, 5.41) is 3.68. The standard InChI is InChI=1S/C18H25NO3S/c1-2-22-18(21)16-13-8-5-9-14(13)23-17(16)19-15(20)11-10-12-6-3-4-7-12/h12H,2-11H2,1H3,(H,19,20). The first-order valence-corrected chi connectivity index (χ1v) is 9.62. The number of ether oxygens (including phenoxy) is 1. The third kappa shape index (κ3) is 3.77. The average Bonchev–Trinajstić information content (AvgIpc) is 3.22. The first-order valence-electron chi connectivity index (χ1n) is 8.80. The topological polar surface area (TPSA) is 55.4 Å². The van der Waals surface area contributed by atoms with Gasteiger partial charge < -0.3 is 10.1 Å². The Labute approximate surface area is 141 Å². The highest BCUT2D eigenvalue weighted by Crippen LogP contribution is 2.39. The molecule has 0 aromatic carbocycles. The van der Waals surface area contributed by atoms with Gasteiger partial charge >= 0.3 is 5.97 Å². The molecule has 0 aliphatic heterocycles. The summed E-state index contributed by atoms with van der Waals surface area (Å²) in [7, 11) is 0. The van der Waals surface area contributed by atoms with Crippen LogP contribution in [0.3, 0.4) is 0 Å². The van der Waals surface area contributed by atoms with Crippen molar-refractivity contribution in [1.82, 2.24) is 0 Å². The fourth-order valence-corrected chi connectivity index (χ4v) is 5.03. The summed E-state index contributed by atoms with van der Waals surface area (Å²) >= 11 is 1.56. The quantitative estimate of drug-likeness (QED) is 0.788. The Kier molecular flexibility index (Phi) is 5.36. The van der Waals surface area contributed by atoms with Crippen molar-refractivity contribution < 1.29 is 14.3 Å². The fourth-order valence-electron chi connectivity index (χ4n) is 3.73. The van der Waals surface area contributed by atoms with Gasteiger partial charge in [-0.2, -0.15) is 0 Å². The highest BCUT2D eigenvalue weighted by atomic mass is 32.1. The van der Waals surface area contributed by atoms with E-state index in [2.05, 4.69) is 5.32 Å². The Balaban J connectivity index is 1.66. The van der Waals surface area contributed by atoms with Gasteiger partial charge in [0.2, 0.25) is 5.91 Å². The van der Waals surface area contributed by atoms with Crippen LogP contribution in [0.15, 0.2) is 0 Å². The van der Waals surface area contributed by atoms with Gasteiger partial charge in [0.15, 0.2) is 0 Å². The zero-order valence-electron chi connectivity index (χ0n) is 13.8. The molecule has 4 nitrogen and oxygen atoms in total. The SMILES string of the molecule is CCOC(=O)c1c(NC(=O)CCC2CCCC2)sc2c1CCC2. The fraction of sp³-hybridized carbons (Fsp3) is 0.667. The zero-order chi connectivity index (χ0) is 16.2. The second-order valence-electron chi connectivity index (χ2n) is 6.52. The van der Waals surface area contributed by atoms with Gasteiger partial charge in [-0.15, -0.1) is 11.3 Å². The number of thiophene rings is 1. The molecular weight excluding hydrogens is 310 g/mol. The number of hydrogen-bond acceptors (Lipinski definition) is 4. The van der Waals surface area contributed by atoms with E-state index >= 15 is 0 Å². The van der Waals surface area contributed by atoms with E-state index in [0.29, 0.717) is 29.5 Å². The predicted octanol–water partition coefficient (Wildman–Crippen LogP) is 4.32. The van der Waals surface area contributed by atoms with Crippen molar-refractivity contribution >= 4 is 28.2 Å². The van der Waals surface area contributed by atoms with Crippen molar-refractivity contribution in [3.05, 3.63) is 16.0 Å². The van der Waals surface area contributed by atoms with Gasteiger partial charge in [0.1, 0.15) is 5.00 Å². The van der Waals surface area contributed by atoms with Gasteiger partial charge in [0.05, 0.1) is 12.2 Å². The summed E-state index contributed by atoms with van der Waals surface area (Å²) in [4.78, 5) is 25.8. The third-order valence-electron chi connectivity index (χ3n) is 4.91. The highest BCUT2D eigenvalue weighted by Gasteiger charge is 2.28. The van der Waals surface area contributed by atoms with Crippen LogP contribution in [-0.4, -0.2) is 18.5 Å². The Hall–Kier alpha value is -1.36.